The normalized spacial score (nSPS) is 13.6. The molecular weight excluding hydrogens is 460 g/mol. The molecule has 194 valence electrons. The van der Waals surface area contributed by atoms with E-state index in [1.807, 2.05) is 30.3 Å². The summed E-state index contributed by atoms with van der Waals surface area (Å²) in [7, 11) is 0. The Morgan fingerprint density at radius 3 is 2.50 bits per heavy atom. The molecule has 1 heterocycles. The van der Waals surface area contributed by atoms with Gasteiger partial charge in [-0.15, -0.1) is 0 Å². The maximum Gasteiger partial charge on any atom is 0.330 e. The number of nitrogen functional groups attached to an aromatic ring is 1. The molecule has 3 amide bonds. The molecule has 2 aromatic rings. The first-order valence-corrected chi connectivity index (χ1v) is 12.2. The van der Waals surface area contributed by atoms with Gasteiger partial charge in [-0.05, 0) is 58.4 Å². The number of benzene rings is 1. The van der Waals surface area contributed by atoms with Crippen molar-refractivity contribution in [1.29, 1.82) is 0 Å². The van der Waals surface area contributed by atoms with Crippen molar-refractivity contribution in [3.05, 3.63) is 68.4 Å². The van der Waals surface area contributed by atoms with Crippen molar-refractivity contribution in [1.82, 2.24) is 20.2 Å². The molecular formula is C26H36N6O4. The average Bonchev–Trinajstić information content (AvgIpc) is 2.80. The van der Waals surface area contributed by atoms with E-state index in [9.17, 15) is 19.2 Å². The fraction of sp³-hybridized carbons (Fsp3) is 0.462. The molecule has 1 aliphatic carbocycles. The SMILES string of the molecule is CC(C)(C)NC(=O)NC(=O)CN(CCC1=CCCCC1)c1c(N)n(Cc2ccccc2)c(=O)[nH]c1=O. The lowest BCUT2D eigenvalue weighted by molar-refractivity contribution is -0.118. The Morgan fingerprint density at radius 2 is 1.86 bits per heavy atom. The number of imide groups is 1. The zero-order valence-corrected chi connectivity index (χ0v) is 21.2. The van der Waals surface area contributed by atoms with Crippen molar-refractivity contribution >= 4 is 23.4 Å². The number of carbonyl (C=O) groups excluding carboxylic acids is 2. The lowest BCUT2D eigenvalue weighted by Crippen LogP contribution is -2.51. The number of amides is 3. The van der Waals surface area contributed by atoms with E-state index in [1.54, 1.807) is 25.7 Å². The van der Waals surface area contributed by atoms with Crippen molar-refractivity contribution in [2.75, 3.05) is 23.7 Å². The Labute approximate surface area is 210 Å². The van der Waals surface area contributed by atoms with Crippen molar-refractivity contribution < 1.29 is 9.59 Å². The van der Waals surface area contributed by atoms with Gasteiger partial charge in [-0.25, -0.2) is 9.59 Å². The van der Waals surface area contributed by atoms with Gasteiger partial charge >= 0.3 is 11.7 Å². The number of H-pyrrole nitrogens is 1. The van der Waals surface area contributed by atoms with E-state index in [0.29, 0.717) is 13.0 Å². The van der Waals surface area contributed by atoms with Crippen LogP contribution >= 0.6 is 0 Å². The molecule has 5 N–H and O–H groups in total. The molecule has 36 heavy (non-hydrogen) atoms. The van der Waals surface area contributed by atoms with Gasteiger partial charge < -0.3 is 16.0 Å². The van der Waals surface area contributed by atoms with E-state index in [0.717, 1.165) is 31.2 Å². The summed E-state index contributed by atoms with van der Waals surface area (Å²) in [6.45, 7) is 5.62. The molecule has 0 fully saturated rings. The third-order valence-electron chi connectivity index (χ3n) is 5.88. The molecule has 1 aliphatic rings. The standard InChI is InChI=1S/C26H36N6O4/c1-26(2,3)30-24(35)28-20(33)17-31(15-14-18-10-6-4-7-11-18)21-22(27)32(25(36)29-23(21)34)16-19-12-8-5-9-13-19/h5,8-10,12-13H,4,6-7,11,14-17,27H2,1-3H3,(H,29,34,36)(H2,28,30,33,35). The van der Waals surface area contributed by atoms with Crippen LogP contribution in [0.2, 0.25) is 0 Å². The van der Waals surface area contributed by atoms with Crippen LogP contribution in [0.5, 0.6) is 0 Å². The summed E-state index contributed by atoms with van der Waals surface area (Å²) in [5.74, 6) is -0.619. The smallest absolute Gasteiger partial charge is 0.330 e. The van der Waals surface area contributed by atoms with Crippen LogP contribution in [0.3, 0.4) is 0 Å². The molecule has 10 heteroatoms. The largest absolute Gasteiger partial charge is 0.383 e. The number of allylic oxidation sites excluding steroid dienone is 1. The Bertz CT molecular complexity index is 1220. The summed E-state index contributed by atoms with van der Waals surface area (Å²) < 4.78 is 1.28. The van der Waals surface area contributed by atoms with Crippen LogP contribution in [0.25, 0.3) is 0 Å². The van der Waals surface area contributed by atoms with Gasteiger partial charge in [0.15, 0.2) is 0 Å². The number of hydrogen-bond acceptors (Lipinski definition) is 6. The number of nitrogens with one attached hydrogen (secondary N) is 3. The first-order valence-electron chi connectivity index (χ1n) is 12.2. The predicted octanol–water partition coefficient (Wildman–Crippen LogP) is 2.49. The van der Waals surface area contributed by atoms with Crippen LogP contribution in [-0.4, -0.2) is 40.1 Å². The topological polar surface area (TPSA) is 142 Å². The van der Waals surface area contributed by atoms with E-state index in [2.05, 4.69) is 21.7 Å². The van der Waals surface area contributed by atoms with Gasteiger partial charge in [0, 0.05) is 12.1 Å². The van der Waals surface area contributed by atoms with Crippen LogP contribution in [0.1, 0.15) is 58.4 Å². The van der Waals surface area contributed by atoms with E-state index in [1.165, 1.54) is 10.1 Å². The van der Waals surface area contributed by atoms with Gasteiger partial charge in [-0.1, -0.05) is 42.0 Å². The maximum absolute atomic E-state index is 12.9. The minimum atomic E-state index is -0.675. The number of carbonyl (C=O) groups is 2. The van der Waals surface area contributed by atoms with Crippen LogP contribution in [0.15, 0.2) is 51.6 Å². The second kappa shape index (κ2) is 11.7. The molecule has 0 aliphatic heterocycles. The van der Waals surface area contributed by atoms with Gasteiger partial charge in [0.1, 0.15) is 11.5 Å². The fourth-order valence-corrected chi connectivity index (χ4v) is 4.20. The number of rotatable bonds is 8. The van der Waals surface area contributed by atoms with Gasteiger partial charge in [-0.2, -0.15) is 0 Å². The molecule has 1 aromatic heterocycles. The number of aromatic nitrogens is 2. The highest BCUT2D eigenvalue weighted by molar-refractivity contribution is 5.96. The lowest BCUT2D eigenvalue weighted by atomic mass is 9.97. The summed E-state index contributed by atoms with van der Waals surface area (Å²) in [4.78, 5) is 54.4. The van der Waals surface area contributed by atoms with E-state index in [-0.39, 0.29) is 24.6 Å². The Balaban J connectivity index is 1.90. The zero-order valence-electron chi connectivity index (χ0n) is 21.2. The average molecular weight is 497 g/mol. The fourth-order valence-electron chi connectivity index (χ4n) is 4.20. The third-order valence-corrected chi connectivity index (χ3v) is 5.88. The number of nitrogens with zero attached hydrogens (tertiary/aromatic N) is 2. The molecule has 0 spiro atoms. The molecule has 0 atom stereocenters. The maximum atomic E-state index is 12.9. The second-order valence-electron chi connectivity index (χ2n) is 10.1. The summed E-state index contributed by atoms with van der Waals surface area (Å²) >= 11 is 0. The van der Waals surface area contributed by atoms with Crippen LogP contribution in [0.4, 0.5) is 16.3 Å². The molecule has 10 nitrogen and oxygen atoms in total. The van der Waals surface area contributed by atoms with Crippen LogP contribution in [0, 0.1) is 0 Å². The van der Waals surface area contributed by atoms with Crippen LogP contribution < -0.4 is 32.5 Å². The van der Waals surface area contributed by atoms with E-state index >= 15 is 0 Å². The summed E-state index contributed by atoms with van der Waals surface area (Å²) in [6.07, 6.45) is 7.06. The minimum absolute atomic E-state index is 0.0304. The first kappa shape index (κ1) is 26.8. The number of aromatic amines is 1. The molecule has 0 saturated carbocycles. The van der Waals surface area contributed by atoms with Gasteiger partial charge in [0.25, 0.3) is 5.56 Å². The summed E-state index contributed by atoms with van der Waals surface area (Å²) in [5, 5.41) is 4.99. The Kier molecular flexibility index (Phi) is 8.73. The highest BCUT2D eigenvalue weighted by Gasteiger charge is 2.23. The lowest BCUT2D eigenvalue weighted by Gasteiger charge is -2.27. The number of hydrogen-bond donors (Lipinski definition) is 4. The molecule has 1 aromatic carbocycles. The van der Waals surface area contributed by atoms with Crippen molar-refractivity contribution in [3.8, 4) is 0 Å². The summed E-state index contributed by atoms with van der Waals surface area (Å²) in [5.41, 5.74) is 6.67. The first-order chi connectivity index (χ1) is 17.0. The third kappa shape index (κ3) is 7.59. The highest BCUT2D eigenvalue weighted by Crippen LogP contribution is 2.23. The van der Waals surface area contributed by atoms with Gasteiger partial charge in [-0.3, -0.25) is 24.5 Å². The van der Waals surface area contributed by atoms with Crippen LogP contribution in [-0.2, 0) is 11.3 Å². The summed E-state index contributed by atoms with van der Waals surface area (Å²) in [6, 6.07) is 8.64. The second-order valence-corrected chi connectivity index (χ2v) is 10.1. The minimum Gasteiger partial charge on any atom is -0.383 e. The van der Waals surface area contributed by atoms with Gasteiger partial charge in [0.2, 0.25) is 5.91 Å². The molecule has 0 saturated heterocycles. The predicted molar refractivity (Wildman–Crippen MR) is 141 cm³/mol. The molecule has 0 unspecified atom stereocenters. The quantitative estimate of drug-likeness (QED) is 0.414. The van der Waals surface area contributed by atoms with Crippen molar-refractivity contribution in [2.24, 2.45) is 0 Å². The highest BCUT2D eigenvalue weighted by atomic mass is 16.2. The number of urea groups is 1. The number of anilines is 2. The monoisotopic (exact) mass is 496 g/mol. The van der Waals surface area contributed by atoms with Crippen molar-refractivity contribution in [2.45, 2.75) is 65.0 Å². The molecule has 0 bridgehead atoms. The Morgan fingerprint density at radius 1 is 1.14 bits per heavy atom. The Hall–Kier alpha value is -3.82. The van der Waals surface area contributed by atoms with E-state index in [4.69, 9.17) is 5.73 Å². The van der Waals surface area contributed by atoms with E-state index < -0.39 is 28.7 Å². The zero-order chi connectivity index (χ0) is 26.3. The number of nitrogens with two attached hydrogens (primary N) is 1. The van der Waals surface area contributed by atoms with Crippen molar-refractivity contribution in [3.63, 3.8) is 0 Å². The van der Waals surface area contributed by atoms with Gasteiger partial charge in [0.05, 0.1) is 13.1 Å². The molecule has 0 radical (unpaired) electrons. The molecule has 3 rings (SSSR count).